The average Bonchev–Trinajstić information content (AvgIpc) is 2.19. The van der Waals surface area contributed by atoms with Crippen molar-refractivity contribution in [3.63, 3.8) is 0 Å². The SMILES string of the molecule is NCc1cc(I)nc(C(F)F)c1CC(=O)O. The van der Waals surface area contributed by atoms with Crippen LogP contribution in [0.3, 0.4) is 0 Å². The second-order valence-corrected chi connectivity index (χ2v) is 4.15. The van der Waals surface area contributed by atoms with Gasteiger partial charge in [-0.1, -0.05) is 0 Å². The van der Waals surface area contributed by atoms with E-state index in [4.69, 9.17) is 10.8 Å². The molecule has 0 aromatic carbocycles. The minimum absolute atomic E-state index is 0.0147. The first-order valence-corrected chi connectivity index (χ1v) is 5.41. The zero-order valence-electron chi connectivity index (χ0n) is 8.08. The molecule has 0 fully saturated rings. The van der Waals surface area contributed by atoms with E-state index in [1.54, 1.807) is 22.6 Å². The summed E-state index contributed by atoms with van der Waals surface area (Å²) in [5, 5.41) is 8.65. The van der Waals surface area contributed by atoms with E-state index in [-0.39, 0.29) is 12.1 Å². The van der Waals surface area contributed by atoms with Crippen molar-refractivity contribution in [2.24, 2.45) is 5.73 Å². The standard InChI is InChI=1S/C9H9F2IN2O2/c10-9(11)8-5(2-7(15)16)4(3-13)1-6(12)14-8/h1,9H,2-3,13H2,(H,15,16). The lowest BCUT2D eigenvalue weighted by Gasteiger charge is -2.11. The molecule has 88 valence electrons. The van der Waals surface area contributed by atoms with E-state index in [2.05, 4.69) is 4.98 Å². The van der Waals surface area contributed by atoms with Crippen LogP contribution in [0.2, 0.25) is 0 Å². The molecule has 1 aromatic heterocycles. The molecule has 0 unspecified atom stereocenters. The van der Waals surface area contributed by atoms with Gasteiger partial charge in [-0.25, -0.2) is 13.8 Å². The van der Waals surface area contributed by atoms with Crippen LogP contribution < -0.4 is 5.73 Å². The predicted molar refractivity (Wildman–Crippen MR) is 61.1 cm³/mol. The number of carbonyl (C=O) groups is 1. The number of halogens is 3. The molecular formula is C9H9F2IN2O2. The molecule has 0 amide bonds. The number of hydrogen-bond acceptors (Lipinski definition) is 3. The second kappa shape index (κ2) is 5.48. The Hall–Kier alpha value is -0.830. The van der Waals surface area contributed by atoms with Gasteiger partial charge in [0.1, 0.15) is 9.39 Å². The quantitative estimate of drug-likeness (QED) is 0.645. The molecule has 4 nitrogen and oxygen atoms in total. The Kier molecular flexibility index (Phi) is 4.54. The molecule has 1 aromatic rings. The van der Waals surface area contributed by atoms with Crippen LogP contribution in [-0.2, 0) is 17.8 Å². The first-order chi connectivity index (χ1) is 7.45. The van der Waals surface area contributed by atoms with E-state index in [9.17, 15) is 13.6 Å². The molecule has 0 atom stereocenters. The summed E-state index contributed by atoms with van der Waals surface area (Å²) >= 11 is 1.79. The summed E-state index contributed by atoms with van der Waals surface area (Å²) in [5.74, 6) is -1.18. The fourth-order valence-corrected chi connectivity index (χ4v) is 1.96. The minimum atomic E-state index is -2.80. The predicted octanol–water partition coefficient (Wildman–Crippen LogP) is 1.71. The zero-order valence-corrected chi connectivity index (χ0v) is 10.2. The molecular weight excluding hydrogens is 333 g/mol. The van der Waals surface area contributed by atoms with Crippen LogP contribution >= 0.6 is 22.6 Å². The molecule has 3 N–H and O–H groups in total. The van der Waals surface area contributed by atoms with Crippen molar-refractivity contribution in [1.82, 2.24) is 4.98 Å². The molecule has 0 aliphatic rings. The summed E-state index contributed by atoms with van der Waals surface area (Å²) < 4.78 is 25.7. The third kappa shape index (κ3) is 3.08. The highest BCUT2D eigenvalue weighted by Gasteiger charge is 2.20. The Morgan fingerprint density at radius 1 is 1.62 bits per heavy atom. The maximum absolute atomic E-state index is 12.7. The maximum Gasteiger partial charge on any atom is 0.307 e. The summed E-state index contributed by atoms with van der Waals surface area (Å²) in [6.45, 7) is 0.0147. The zero-order chi connectivity index (χ0) is 12.3. The first-order valence-electron chi connectivity index (χ1n) is 4.34. The molecule has 1 heterocycles. The van der Waals surface area contributed by atoms with Crippen molar-refractivity contribution >= 4 is 28.6 Å². The van der Waals surface area contributed by atoms with Crippen LogP contribution in [-0.4, -0.2) is 16.1 Å². The van der Waals surface area contributed by atoms with Crippen LogP contribution in [0.25, 0.3) is 0 Å². The average molecular weight is 342 g/mol. The van der Waals surface area contributed by atoms with Crippen LogP contribution in [0.1, 0.15) is 23.2 Å². The number of alkyl halides is 2. The first kappa shape index (κ1) is 13.2. The van der Waals surface area contributed by atoms with Crippen LogP contribution in [0.5, 0.6) is 0 Å². The fraction of sp³-hybridized carbons (Fsp3) is 0.333. The molecule has 0 aliphatic carbocycles. The Morgan fingerprint density at radius 3 is 2.69 bits per heavy atom. The van der Waals surface area contributed by atoms with Crippen LogP contribution in [0, 0.1) is 3.70 Å². The highest BCUT2D eigenvalue weighted by molar-refractivity contribution is 14.1. The number of nitrogens with zero attached hydrogens (tertiary/aromatic N) is 1. The summed E-state index contributed by atoms with van der Waals surface area (Å²) in [4.78, 5) is 14.2. The van der Waals surface area contributed by atoms with E-state index >= 15 is 0 Å². The topological polar surface area (TPSA) is 76.2 Å². The highest BCUT2D eigenvalue weighted by Crippen LogP contribution is 2.25. The van der Waals surface area contributed by atoms with Crippen molar-refractivity contribution in [3.05, 3.63) is 26.6 Å². The summed E-state index contributed by atoms with van der Waals surface area (Å²) in [5.41, 5.74) is 5.32. The van der Waals surface area contributed by atoms with Gasteiger partial charge < -0.3 is 10.8 Å². The van der Waals surface area contributed by atoms with Gasteiger partial charge in [-0.3, -0.25) is 4.79 Å². The third-order valence-corrected chi connectivity index (χ3v) is 2.52. The van der Waals surface area contributed by atoms with Gasteiger partial charge in [0.25, 0.3) is 6.43 Å². The maximum atomic E-state index is 12.7. The lowest BCUT2D eigenvalue weighted by molar-refractivity contribution is -0.136. The number of rotatable bonds is 4. The third-order valence-electron chi connectivity index (χ3n) is 1.97. The highest BCUT2D eigenvalue weighted by atomic mass is 127. The molecule has 0 aliphatic heterocycles. The number of aliphatic carboxylic acids is 1. The van der Waals surface area contributed by atoms with Crippen molar-refractivity contribution in [2.45, 2.75) is 19.4 Å². The number of pyridine rings is 1. The van der Waals surface area contributed by atoms with Gasteiger partial charge in [0, 0.05) is 6.54 Å². The second-order valence-electron chi connectivity index (χ2n) is 3.04. The Morgan fingerprint density at radius 2 is 2.25 bits per heavy atom. The monoisotopic (exact) mass is 342 g/mol. The lowest BCUT2D eigenvalue weighted by Crippen LogP contribution is -2.13. The van der Waals surface area contributed by atoms with Crippen molar-refractivity contribution < 1.29 is 18.7 Å². The van der Waals surface area contributed by atoms with E-state index in [1.165, 1.54) is 6.07 Å². The van der Waals surface area contributed by atoms with Gasteiger partial charge >= 0.3 is 5.97 Å². The summed E-state index contributed by atoms with van der Waals surface area (Å²) in [6, 6.07) is 1.52. The van der Waals surface area contributed by atoms with Crippen molar-refractivity contribution in [1.29, 1.82) is 0 Å². The van der Waals surface area contributed by atoms with E-state index in [0.717, 1.165) is 0 Å². The lowest BCUT2D eigenvalue weighted by atomic mass is 10.0. The van der Waals surface area contributed by atoms with Crippen molar-refractivity contribution in [2.75, 3.05) is 0 Å². The number of aromatic nitrogens is 1. The van der Waals surface area contributed by atoms with E-state index in [1.807, 2.05) is 0 Å². The number of nitrogens with two attached hydrogens (primary N) is 1. The number of carboxylic acids is 1. The van der Waals surface area contributed by atoms with E-state index in [0.29, 0.717) is 9.26 Å². The van der Waals surface area contributed by atoms with Gasteiger partial charge in [0.15, 0.2) is 0 Å². The summed E-state index contributed by atoms with van der Waals surface area (Å²) in [7, 11) is 0. The molecule has 0 saturated carbocycles. The molecule has 0 bridgehead atoms. The fourth-order valence-electron chi connectivity index (χ4n) is 1.33. The summed E-state index contributed by atoms with van der Waals surface area (Å²) in [6.07, 6.45) is -3.29. The Bertz CT molecular complexity index is 413. The van der Waals surface area contributed by atoms with Crippen molar-refractivity contribution in [3.8, 4) is 0 Å². The van der Waals surface area contributed by atoms with Gasteiger partial charge in [-0.2, -0.15) is 0 Å². The Balaban J connectivity index is 3.32. The number of hydrogen-bond donors (Lipinski definition) is 2. The molecule has 7 heteroatoms. The Labute approximate surface area is 104 Å². The van der Waals surface area contributed by atoms with Crippen LogP contribution in [0.15, 0.2) is 6.07 Å². The normalized spacial score (nSPS) is 10.8. The molecule has 1 rings (SSSR count). The minimum Gasteiger partial charge on any atom is -0.481 e. The van der Waals surface area contributed by atoms with Crippen LogP contribution in [0.4, 0.5) is 8.78 Å². The van der Waals surface area contributed by atoms with E-state index < -0.39 is 24.5 Å². The molecule has 0 saturated heterocycles. The molecule has 0 radical (unpaired) electrons. The smallest absolute Gasteiger partial charge is 0.307 e. The van der Waals surface area contributed by atoms with Gasteiger partial charge in [-0.05, 0) is 39.8 Å². The van der Waals surface area contributed by atoms with Gasteiger partial charge in [-0.15, -0.1) is 0 Å². The molecule has 16 heavy (non-hydrogen) atoms. The number of carboxylic acid groups (broad SMARTS) is 1. The van der Waals surface area contributed by atoms with Gasteiger partial charge in [0.2, 0.25) is 0 Å². The van der Waals surface area contributed by atoms with Gasteiger partial charge in [0.05, 0.1) is 6.42 Å². The molecule has 0 spiro atoms. The largest absolute Gasteiger partial charge is 0.481 e.